The topological polar surface area (TPSA) is 101 Å². The van der Waals surface area contributed by atoms with Gasteiger partial charge >= 0.3 is 5.97 Å². The lowest BCUT2D eigenvalue weighted by Crippen LogP contribution is -2.22. The molecule has 1 rings (SSSR count). The highest BCUT2D eigenvalue weighted by Crippen LogP contribution is 2.24. The number of halogens is 1. The van der Waals surface area contributed by atoms with Crippen molar-refractivity contribution < 1.29 is 19.9 Å². The molecule has 0 aromatic heterocycles. The van der Waals surface area contributed by atoms with Crippen LogP contribution in [0.3, 0.4) is 0 Å². The van der Waals surface area contributed by atoms with Gasteiger partial charge in [-0.05, 0) is 5.56 Å². The van der Waals surface area contributed by atoms with Crippen LogP contribution in [0.15, 0.2) is 22.7 Å². The Labute approximate surface area is 98.8 Å². The average molecular weight is 290 g/mol. The Balaban J connectivity index is 2.91. The summed E-state index contributed by atoms with van der Waals surface area (Å²) in [5.41, 5.74) is 0.404. The number of nitro groups is 1. The number of carbonyl (C=O) groups is 1. The smallest absolute Gasteiger partial charge is 0.332 e. The molecule has 1 aromatic carbocycles. The first kappa shape index (κ1) is 12.6. The zero-order chi connectivity index (χ0) is 12.3. The number of nitrogens with zero attached hydrogens (tertiary/aromatic N) is 1. The van der Waals surface area contributed by atoms with E-state index in [0.29, 0.717) is 10.0 Å². The maximum Gasteiger partial charge on any atom is 0.332 e. The lowest BCUT2D eigenvalue weighted by molar-refractivity contribution is -0.384. The molecule has 1 aromatic rings. The first-order chi connectivity index (χ1) is 7.41. The summed E-state index contributed by atoms with van der Waals surface area (Å²) in [6.07, 6.45) is -1.62. The van der Waals surface area contributed by atoms with Crippen molar-refractivity contribution in [3.05, 3.63) is 38.3 Å². The van der Waals surface area contributed by atoms with E-state index in [0.717, 1.165) is 0 Å². The summed E-state index contributed by atoms with van der Waals surface area (Å²) in [5, 5.41) is 28.1. The van der Waals surface area contributed by atoms with E-state index >= 15 is 0 Å². The van der Waals surface area contributed by atoms with Crippen molar-refractivity contribution in [2.75, 3.05) is 0 Å². The minimum absolute atomic E-state index is 0.0968. The van der Waals surface area contributed by atoms with E-state index in [1.165, 1.54) is 18.2 Å². The molecule has 0 fully saturated rings. The Morgan fingerprint density at radius 3 is 2.62 bits per heavy atom. The van der Waals surface area contributed by atoms with E-state index in [4.69, 9.17) is 10.2 Å². The fourth-order valence-electron chi connectivity index (χ4n) is 1.11. The monoisotopic (exact) mass is 289 g/mol. The summed E-state index contributed by atoms with van der Waals surface area (Å²) >= 11 is 3.08. The summed E-state index contributed by atoms with van der Waals surface area (Å²) in [6, 6.07) is 3.94. The van der Waals surface area contributed by atoms with Gasteiger partial charge in [-0.25, -0.2) is 4.79 Å². The molecular formula is C9H8BrNO5. The molecule has 0 aliphatic rings. The van der Waals surface area contributed by atoms with Crippen LogP contribution in [0.1, 0.15) is 5.56 Å². The molecule has 16 heavy (non-hydrogen) atoms. The van der Waals surface area contributed by atoms with Gasteiger partial charge in [0.15, 0.2) is 6.10 Å². The Morgan fingerprint density at radius 2 is 2.19 bits per heavy atom. The third kappa shape index (κ3) is 3.01. The first-order valence-corrected chi connectivity index (χ1v) is 5.05. The number of benzene rings is 1. The second-order valence-electron chi connectivity index (χ2n) is 3.09. The normalized spacial score (nSPS) is 12.1. The van der Waals surface area contributed by atoms with Crippen LogP contribution in [-0.4, -0.2) is 27.2 Å². The second-order valence-corrected chi connectivity index (χ2v) is 3.95. The van der Waals surface area contributed by atoms with Crippen LogP contribution in [0.4, 0.5) is 5.69 Å². The van der Waals surface area contributed by atoms with Crippen LogP contribution in [0, 0.1) is 10.1 Å². The van der Waals surface area contributed by atoms with Gasteiger partial charge in [0.1, 0.15) is 0 Å². The molecule has 86 valence electrons. The van der Waals surface area contributed by atoms with Crippen LogP contribution in [0.2, 0.25) is 0 Å². The van der Waals surface area contributed by atoms with Gasteiger partial charge in [-0.1, -0.05) is 22.0 Å². The number of non-ortho nitro benzene ring substituents is 1. The third-order valence-electron chi connectivity index (χ3n) is 1.95. The molecule has 0 saturated carbocycles. The third-order valence-corrected chi connectivity index (χ3v) is 2.68. The largest absolute Gasteiger partial charge is 0.479 e. The van der Waals surface area contributed by atoms with Gasteiger partial charge in [0.2, 0.25) is 0 Å². The molecule has 1 unspecified atom stereocenters. The Bertz CT molecular complexity index is 434. The highest BCUT2D eigenvalue weighted by Gasteiger charge is 2.17. The summed E-state index contributed by atoms with van der Waals surface area (Å²) in [7, 11) is 0. The SMILES string of the molecule is O=C(O)C(O)Cc1ccc([N+](=O)[O-])cc1Br. The Kier molecular flexibility index (Phi) is 3.97. The van der Waals surface area contributed by atoms with Crippen molar-refractivity contribution in [2.45, 2.75) is 12.5 Å². The van der Waals surface area contributed by atoms with Crippen LogP contribution in [-0.2, 0) is 11.2 Å². The molecule has 0 amide bonds. The van der Waals surface area contributed by atoms with Crippen molar-refractivity contribution in [3.63, 3.8) is 0 Å². The summed E-state index contributed by atoms with van der Waals surface area (Å²) < 4.78 is 0.405. The number of hydrogen-bond acceptors (Lipinski definition) is 4. The summed E-state index contributed by atoms with van der Waals surface area (Å²) in [6.45, 7) is 0. The number of aliphatic carboxylic acids is 1. The maximum atomic E-state index is 10.4. The Morgan fingerprint density at radius 1 is 1.56 bits per heavy atom. The van der Waals surface area contributed by atoms with E-state index in [1.807, 2.05) is 0 Å². The number of hydrogen-bond donors (Lipinski definition) is 2. The molecule has 0 radical (unpaired) electrons. The average Bonchev–Trinajstić information content (AvgIpc) is 2.20. The van der Waals surface area contributed by atoms with Crippen molar-refractivity contribution in [1.82, 2.24) is 0 Å². The van der Waals surface area contributed by atoms with Gasteiger partial charge < -0.3 is 10.2 Å². The molecule has 7 heteroatoms. The molecule has 1 atom stereocenters. The fourth-order valence-corrected chi connectivity index (χ4v) is 1.64. The molecular weight excluding hydrogens is 282 g/mol. The zero-order valence-electron chi connectivity index (χ0n) is 7.96. The van der Waals surface area contributed by atoms with Crippen LogP contribution in [0.5, 0.6) is 0 Å². The van der Waals surface area contributed by atoms with Gasteiger partial charge in [0.05, 0.1) is 4.92 Å². The van der Waals surface area contributed by atoms with E-state index in [1.54, 1.807) is 0 Å². The maximum absolute atomic E-state index is 10.4. The lowest BCUT2D eigenvalue weighted by atomic mass is 10.1. The van der Waals surface area contributed by atoms with Crippen LogP contribution < -0.4 is 0 Å². The number of aliphatic hydroxyl groups is 1. The van der Waals surface area contributed by atoms with Crippen molar-refractivity contribution >= 4 is 27.6 Å². The minimum Gasteiger partial charge on any atom is -0.479 e. The van der Waals surface area contributed by atoms with Crippen molar-refractivity contribution in [2.24, 2.45) is 0 Å². The van der Waals surface area contributed by atoms with Gasteiger partial charge in [-0.3, -0.25) is 10.1 Å². The van der Waals surface area contributed by atoms with E-state index in [-0.39, 0.29) is 12.1 Å². The molecule has 6 nitrogen and oxygen atoms in total. The van der Waals surface area contributed by atoms with Gasteiger partial charge in [0.25, 0.3) is 5.69 Å². The molecule has 0 aliphatic heterocycles. The Hall–Kier alpha value is -1.47. The fraction of sp³-hybridized carbons (Fsp3) is 0.222. The highest BCUT2D eigenvalue weighted by atomic mass is 79.9. The quantitative estimate of drug-likeness (QED) is 0.643. The van der Waals surface area contributed by atoms with Crippen molar-refractivity contribution in [1.29, 1.82) is 0 Å². The molecule has 0 spiro atoms. The number of carboxylic acids is 1. The summed E-state index contributed by atoms with van der Waals surface area (Å²) in [5.74, 6) is -1.33. The van der Waals surface area contributed by atoms with Gasteiger partial charge in [-0.2, -0.15) is 0 Å². The lowest BCUT2D eigenvalue weighted by Gasteiger charge is -2.07. The first-order valence-electron chi connectivity index (χ1n) is 4.25. The molecule has 0 saturated heterocycles. The number of nitro benzene ring substituents is 1. The molecule has 0 aliphatic carbocycles. The number of rotatable bonds is 4. The summed E-state index contributed by atoms with van der Waals surface area (Å²) in [4.78, 5) is 20.3. The number of aliphatic hydroxyl groups excluding tert-OH is 1. The highest BCUT2D eigenvalue weighted by molar-refractivity contribution is 9.10. The van der Waals surface area contributed by atoms with Crippen LogP contribution in [0.25, 0.3) is 0 Å². The van der Waals surface area contributed by atoms with E-state index in [2.05, 4.69) is 15.9 Å². The van der Waals surface area contributed by atoms with Gasteiger partial charge in [-0.15, -0.1) is 0 Å². The van der Waals surface area contributed by atoms with Crippen LogP contribution >= 0.6 is 15.9 Å². The predicted octanol–water partition coefficient (Wildman–Crippen LogP) is 1.35. The number of carboxylic acid groups (broad SMARTS) is 1. The molecule has 0 heterocycles. The van der Waals surface area contributed by atoms with Gasteiger partial charge in [0, 0.05) is 23.0 Å². The second kappa shape index (κ2) is 5.04. The zero-order valence-corrected chi connectivity index (χ0v) is 9.55. The van der Waals surface area contributed by atoms with Crippen molar-refractivity contribution in [3.8, 4) is 0 Å². The minimum atomic E-state index is -1.52. The van der Waals surface area contributed by atoms with E-state index < -0.39 is 17.0 Å². The molecule has 0 bridgehead atoms. The standard InChI is InChI=1S/C9H8BrNO5/c10-7-4-6(11(15)16)2-1-5(7)3-8(12)9(13)14/h1-2,4,8,12H,3H2,(H,13,14). The van der Waals surface area contributed by atoms with E-state index in [9.17, 15) is 14.9 Å². The molecule has 2 N–H and O–H groups in total. The predicted molar refractivity (Wildman–Crippen MR) is 58.1 cm³/mol.